The molecule has 1 aromatic heterocycles. The number of rotatable bonds is 8. The summed E-state index contributed by atoms with van der Waals surface area (Å²) in [6, 6.07) is 10.4. The number of ether oxygens (including phenoxy) is 1. The van der Waals surface area contributed by atoms with Gasteiger partial charge < -0.3 is 15.0 Å². The van der Waals surface area contributed by atoms with E-state index in [2.05, 4.69) is 53.8 Å². The standard InChI is InChI=1S/C22H32N4OS/c1-3-23-22(26(2)14-10-18-11-15-27-16-12-18)24-13-9-20-17-28-21(25-20)19-7-5-4-6-8-19/h4-8,17-18H,3,9-16H2,1-2H3,(H,23,24). The van der Waals surface area contributed by atoms with Crippen molar-refractivity contribution in [2.24, 2.45) is 10.9 Å². The van der Waals surface area contributed by atoms with Crippen molar-refractivity contribution in [2.75, 3.05) is 39.9 Å². The van der Waals surface area contributed by atoms with E-state index in [1.165, 1.54) is 24.8 Å². The van der Waals surface area contributed by atoms with Crippen LogP contribution in [0.15, 0.2) is 40.7 Å². The molecule has 3 rings (SSSR count). The Labute approximate surface area is 172 Å². The second kappa shape index (κ2) is 11.2. The lowest BCUT2D eigenvalue weighted by Gasteiger charge is -2.26. The lowest BCUT2D eigenvalue weighted by Crippen LogP contribution is -2.40. The van der Waals surface area contributed by atoms with Crippen molar-refractivity contribution in [3.05, 3.63) is 41.4 Å². The van der Waals surface area contributed by atoms with Gasteiger partial charge in [0.2, 0.25) is 0 Å². The second-order valence-corrected chi connectivity index (χ2v) is 8.12. The largest absolute Gasteiger partial charge is 0.381 e. The van der Waals surface area contributed by atoms with Gasteiger partial charge in [0.05, 0.1) is 5.69 Å². The van der Waals surface area contributed by atoms with Crippen LogP contribution in [0.3, 0.4) is 0 Å². The molecule has 1 fully saturated rings. The molecule has 0 aliphatic carbocycles. The third-order valence-corrected chi connectivity index (χ3v) is 6.05. The molecule has 1 N–H and O–H groups in total. The molecule has 5 nitrogen and oxygen atoms in total. The summed E-state index contributed by atoms with van der Waals surface area (Å²) in [5, 5.41) is 6.66. The number of guanidine groups is 1. The normalized spacial score (nSPS) is 15.6. The summed E-state index contributed by atoms with van der Waals surface area (Å²) in [7, 11) is 2.14. The number of hydrogen-bond acceptors (Lipinski definition) is 4. The Kier molecular flexibility index (Phi) is 8.30. The SMILES string of the molecule is CCNC(=NCCc1csc(-c2ccccc2)n1)N(C)CCC1CCOCC1. The van der Waals surface area contributed by atoms with E-state index in [-0.39, 0.29) is 0 Å². The Morgan fingerprint density at radius 2 is 2.07 bits per heavy atom. The van der Waals surface area contributed by atoms with Crippen molar-refractivity contribution in [3.8, 4) is 10.6 Å². The Balaban J connectivity index is 1.50. The van der Waals surface area contributed by atoms with Gasteiger partial charge in [0, 0.05) is 57.3 Å². The second-order valence-electron chi connectivity index (χ2n) is 7.26. The molecule has 1 saturated heterocycles. The zero-order chi connectivity index (χ0) is 19.6. The monoisotopic (exact) mass is 400 g/mol. The first-order valence-corrected chi connectivity index (χ1v) is 11.2. The minimum Gasteiger partial charge on any atom is -0.381 e. The molecule has 152 valence electrons. The summed E-state index contributed by atoms with van der Waals surface area (Å²) in [6.45, 7) is 6.62. The number of benzene rings is 1. The third kappa shape index (κ3) is 6.31. The zero-order valence-corrected chi connectivity index (χ0v) is 17.9. The molecule has 28 heavy (non-hydrogen) atoms. The molecule has 1 aliphatic rings. The summed E-state index contributed by atoms with van der Waals surface area (Å²) < 4.78 is 5.46. The number of nitrogens with one attached hydrogen (secondary N) is 1. The van der Waals surface area contributed by atoms with E-state index in [1.54, 1.807) is 11.3 Å². The smallest absolute Gasteiger partial charge is 0.193 e. The Bertz CT molecular complexity index is 725. The Morgan fingerprint density at radius 1 is 1.29 bits per heavy atom. The molecule has 0 spiro atoms. The maximum absolute atomic E-state index is 5.46. The summed E-state index contributed by atoms with van der Waals surface area (Å²) in [5.74, 6) is 1.78. The molecule has 0 bridgehead atoms. The first-order valence-electron chi connectivity index (χ1n) is 10.3. The van der Waals surface area contributed by atoms with Crippen molar-refractivity contribution in [1.29, 1.82) is 0 Å². The summed E-state index contributed by atoms with van der Waals surface area (Å²) >= 11 is 1.71. The fraction of sp³-hybridized carbons (Fsp3) is 0.545. The number of hydrogen-bond donors (Lipinski definition) is 1. The number of aliphatic imine (C=N–C) groups is 1. The van der Waals surface area contributed by atoms with Gasteiger partial charge >= 0.3 is 0 Å². The Morgan fingerprint density at radius 3 is 2.82 bits per heavy atom. The highest BCUT2D eigenvalue weighted by Crippen LogP contribution is 2.23. The fourth-order valence-electron chi connectivity index (χ4n) is 3.40. The molecule has 0 radical (unpaired) electrons. The zero-order valence-electron chi connectivity index (χ0n) is 17.1. The van der Waals surface area contributed by atoms with Crippen LogP contribution < -0.4 is 5.32 Å². The predicted molar refractivity (Wildman–Crippen MR) is 118 cm³/mol. The highest BCUT2D eigenvalue weighted by atomic mass is 32.1. The highest BCUT2D eigenvalue weighted by molar-refractivity contribution is 7.13. The fourth-order valence-corrected chi connectivity index (χ4v) is 4.26. The van der Waals surface area contributed by atoms with Gasteiger partial charge in [0.25, 0.3) is 0 Å². The van der Waals surface area contributed by atoms with Crippen LogP contribution in [0, 0.1) is 5.92 Å². The Hall–Kier alpha value is -1.92. The maximum atomic E-state index is 5.46. The van der Waals surface area contributed by atoms with Gasteiger partial charge in [-0.15, -0.1) is 11.3 Å². The van der Waals surface area contributed by atoms with Gasteiger partial charge in [0.1, 0.15) is 5.01 Å². The van der Waals surface area contributed by atoms with Crippen LogP contribution in [0.5, 0.6) is 0 Å². The number of thiazole rings is 1. The summed E-state index contributed by atoms with van der Waals surface area (Å²) in [6.07, 6.45) is 4.45. The molecule has 1 aromatic carbocycles. The minimum absolute atomic E-state index is 0.752. The first kappa shape index (κ1) is 20.8. The lowest BCUT2D eigenvalue weighted by atomic mass is 9.96. The molecular weight excluding hydrogens is 368 g/mol. The average Bonchev–Trinajstić information content (AvgIpc) is 3.22. The predicted octanol–water partition coefficient (Wildman–Crippen LogP) is 4.07. The third-order valence-electron chi connectivity index (χ3n) is 5.11. The van der Waals surface area contributed by atoms with E-state index in [9.17, 15) is 0 Å². The van der Waals surface area contributed by atoms with Crippen LogP contribution in [-0.4, -0.2) is 55.7 Å². The van der Waals surface area contributed by atoms with Crippen LogP contribution >= 0.6 is 11.3 Å². The molecule has 1 aliphatic heterocycles. The van der Waals surface area contributed by atoms with Crippen molar-refractivity contribution in [2.45, 2.75) is 32.6 Å². The van der Waals surface area contributed by atoms with Crippen LogP contribution in [0.4, 0.5) is 0 Å². The van der Waals surface area contributed by atoms with Gasteiger partial charge in [-0.05, 0) is 32.1 Å². The van der Waals surface area contributed by atoms with Crippen molar-refractivity contribution in [3.63, 3.8) is 0 Å². The maximum Gasteiger partial charge on any atom is 0.193 e. The van der Waals surface area contributed by atoms with E-state index in [0.29, 0.717) is 0 Å². The van der Waals surface area contributed by atoms with E-state index in [1.807, 2.05) is 6.07 Å². The molecule has 6 heteroatoms. The van der Waals surface area contributed by atoms with E-state index < -0.39 is 0 Å². The summed E-state index contributed by atoms with van der Waals surface area (Å²) in [4.78, 5) is 11.9. The van der Waals surface area contributed by atoms with E-state index in [4.69, 9.17) is 14.7 Å². The number of nitrogens with zero attached hydrogens (tertiary/aromatic N) is 3. The minimum atomic E-state index is 0.752. The van der Waals surface area contributed by atoms with Gasteiger partial charge in [-0.2, -0.15) is 0 Å². The topological polar surface area (TPSA) is 49.8 Å². The quantitative estimate of drug-likeness (QED) is 0.536. The summed E-state index contributed by atoms with van der Waals surface area (Å²) in [5.41, 5.74) is 2.30. The van der Waals surface area contributed by atoms with Gasteiger partial charge in [-0.25, -0.2) is 4.98 Å². The first-order chi connectivity index (χ1) is 13.8. The number of aromatic nitrogens is 1. The molecule has 0 unspecified atom stereocenters. The average molecular weight is 401 g/mol. The highest BCUT2D eigenvalue weighted by Gasteiger charge is 2.15. The van der Waals surface area contributed by atoms with Crippen LogP contribution in [0.2, 0.25) is 0 Å². The molecule has 0 amide bonds. The van der Waals surface area contributed by atoms with E-state index >= 15 is 0 Å². The lowest BCUT2D eigenvalue weighted by molar-refractivity contribution is 0.0625. The van der Waals surface area contributed by atoms with Crippen molar-refractivity contribution >= 4 is 17.3 Å². The van der Waals surface area contributed by atoms with E-state index in [0.717, 1.165) is 61.8 Å². The van der Waals surface area contributed by atoms with Gasteiger partial charge in [0.15, 0.2) is 5.96 Å². The van der Waals surface area contributed by atoms with Crippen LogP contribution in [-0.2, 0) is 11.2 Å². The molecule has 2 heterocycles. The molecule has 0 saturated carbocycles. The van der Waals surface area contributed by atoms with Crippen LogP contribution in [0.25, 0.3) is 10.6 Å². The van der Waals surface area contributed by atoms with Crippen molar-refractivity contribution in [1.82, 2.24) is 15.2 Å². The van der Waals surface area contributed by atoms with Crippen molar-refractivity contribution < 1.29 is 4.74 Å². The van der Waals surface area contributed by atoms with Gasteiger partial charge in [-0.3, -0.25) is 4.99 Å². The van der Waals surface area contributed by atoms with Gasteiger partial charge in [-0.1, -0.05) is 30.3 Å². The molecule has 0 atom stereocenters. The van der Waals surface area contributed by atoms with Crippen LogP contribution in [0.1, 0.15) is 31.9 Å². The molecule has 2 aromatic rings. The molecular formula is C22H32N4OS.